The van der Waals surface area contributed by atoms with Gasteiger partial charge in [-0.05, 0) is 37.3 Å². The lowest BCUT2D eigenvalue weighted by Crippen LogP contribution is -2.20. The molecule has 152 valence electrons. The van der Waals surface area contributed by atoms with Crippen LogP contribution in [-0.4, -0.2) is 36.7 Å². The summed E-state index contributed by atoms with van der Waals surface area (Å²) in [6.45, 7) is 5.08. The number of anilines is 1. The van der Waals surface area contributed by atoms with Crippen LogP contribution < -0.4 is 14.9 Å². The number of nitrogens with one attached hydrogen (secondary N) is 1. The summed E-state index contributed by atoms with van der Waals surface area (Å²) < 4.78 is 13.6. The Hall–Kier alpha value is -2.97. The maximum Gasteiger partial charge on any atom is 0.283 e. The number of benzene rings is 2. The van der Waals surface area contributed by atoms with Crippen molar-refractivity contribution in [3.8, 4) is 5.75 Å². The molecule has 3 aromatic rings. The predicted octanol–water partition coefficient (Wildman–Crippen LogP) is 3.45. The topological polar surface area (TPSA) is 81.9 Å². The van der Waals surface area contributed by atoms with Crippen LogP contribution in [0, 0.1) is 0 Å². The molecule has 0 aliphatic carbocycles. The van der Waals surface area contributed by atoms with Gasteiger partial charge in [-0.25, -0.2) is 0 Å². The first-order chi connectivity index (χ1) is 14.0. The van der Waals surface area contributed by atoms with Crippen molar-refractivity contribution in [3.63, 3.8) is 0 Å². The quantitative estimate of drug-likeness (QED) is 0.602. The molecule has 3 rings (SSSR count). The average molecular weight is 413 g/mol. The molecule has 1 heterocycles. The Balaban J connectivity index is 2.08. The summed E-state index contributed by atoms with van der Waals surface area (Å²) in [5.74, 6) is -0.0289. The molecule has 1 aromatic heterocycles. The van der Waals surface area contributed by atoms with Crippen molar-refractivity contribution >= 4 is 39.1 Å². The zero-order valence-electron chi connectivity index (χ0n) is 16.6. The van der Waals surface area contributed by atoms with E-state index in [2.05, 4.69) is 10.3 Å². The highest BCUT2D eigenvalue weighted by Gasteiger charge is 2.13. The number of thiazole rings is 1. The number of fused-ring (bicyclic) bond motifs is 1. The Morgan fingerprint density at radius 1 is 1.21 bits per heavy atom. The summed E-state index contributed by atoms with van der Waals surface area (Å²) >= 11 is 1.39. The number of amides is 2. The first-order valence-corrected chi connectivity index (χ1v) is 10.1. The Bertz CT molecular complexity index is 1100. The second-order valence-corrected chi connectivity index (χ2v) is 7.22. The van der Waals surface area contributed by atoms with E-state index in [1.54, 1.807) is 24.3 Å². The van der Waals surface area contributed by atoms with Crippen molar-refractivity contribution in [2.75, 3.05) is 25.6 Å². The number of methoxy groups -OCH3 is 1. The van der Waals surface area contributed by atoms with Gasteiger partial charge >= 0.3 is 0 Å². The van der Waals surface area contributed by atoms with E-state index in [1.807, 2.05) is 29.7 Å². The Morgan fingerprint density at radius 2 is 2.00 bits per heavy atom. The first-order valence-electron chi connectivity index (χ1n) is 9.24. The van der Waals surface area contributed by atoms with Crippen molar-refractivity contribution in [1.29, 1.82) is 0 Å². The van der Waals surface area contributed by atoms with Crippen LogP contribution in [-0.2, 0) is 16.1 Å². The maximum atomic E-state index is 12.8. The second-order valence-electron chi connectivity index (χ2n) is 6.21. The van der Waals surface area contributed by atoms with Gasteiger partial charge in [0.05, 0.1) is 29.5 Å². The molecule has 2 amide bonds. The Labute approximate surface area is 172 Å². The normalized spacial score (nSPS) is 11.6. The molecule has 0 radical (unpaired) electrons. The minimum atomic E-state index is -0.374. The fraction of sp³-hybridized carbons (Fsp3) is 0.286. The molecular weight excluding hydrogens is 390 g/mol. The lowest BCUT2D eigenvalue weighted by molar-refractivity contribution is -0.114. The largest absolute Gasteiger partial charge is 0.496 e. The van der Waals surface area contributed by atoms with Crippen molar-refractivity contribution in [1.82, 2.24) is 4.57 Å². The Kier molecular flexibility index (Phi) is 6.79. The van der Waals surface area contributed by atoms with Gasteiger partial charge in [0.1, 0.15) is 5.75 Å². The Morgan fingerprint density at radius 3 is 2.72 bits per heavy atom. The summed E-state index contributed by atoms with van der Waals surface area (Å²) in [5.41, 5.74) is 2.03. The third-order valence-corrected chi connectivity index (χ3v) is 5.24. The standard InChI is InChI=1S/C21H23N3O4S/c1-4-28-12-11-24-17-10-9-15(22-14(2)25)13-19(17)29-21(24)23-20(26)16-7-5-6-8-18(16)27-3/h5-10,13H,4,11-12H2,1-3H3,(H,22,25). The zero-order valence-corrected chi connectivity index (χ0v) is 17.4. The molecule has 1 N–H and O–H groups in total. The first kappa shape index (κ1) is 20.8. The van der Waals surface area contributed by atoms with Crippen LogP contribution in [0.5, 0.6) is 5.75 Å². The van der Waals surface area contributed by atoms with E-state index in [9.17, 15) is 9.59 Å². The van der Waals surface area contributed by atoms with Gasteiger partial charge in [-0.1, -0.05) is 23.5 Å². The molecule has 0 fully saturated rings. The minimum Gasteiger partial charge on any atom is -0.496 e. The molecule has 0 bridgehead atoms. The van der Waals surface area contributed by atoms with Crippen molar-refractivity contribution in [2.45, 2.75) is 20.4 Å². The van der Waals surface area contributed by atoms with Gasteiger partial charge in [0.2, 0.25) is 5.91 Å². The van der Waals surface area contributed by atoms with E-state index in [1.165, 1.54) is 25.4 Å². The molecule has 0 unspecified atom stereocenters. The molecule has 8 heteroatoms. The average Bonchev–Trinajstić information content (AvgIpc) is 3.04. The van der Waals surface area contributed by atoms with Gasteiger partial charge in [-0.2, -0.15) is 4.99 Å². The van der Waals surface area contributed by atoms with Gasteiger partial charge in [0.25, 0.3) is 5.91 Å². The van der Waals surface area contributed by atoms with Crippen molar-refractivity contribution < 1.29 is 19.1 Å². The van der Waals surface area contributed by atoms with Crippen LogP contribution in [0.15, 0.2) is 47.5 Å². The highest BCUT2D eigenvalue weighted by atomic mass is 32.1. The van der Waals surface area contributed by atoms with Crippen molar-refractivity contribution in [2.24, 2.45) is 4.99 Å². The second kappa shape index (κ2) is 9.49. The third kappa shape index (κ3) is 4.90. The number of nitrogens with zero attached hydrogens (tertiary/aromatic N) is 2. The fourth-order valence-electron chi connectivity index (χ4n) is 2.92. The summed E-state index contributed by atoms with van der Waals surface area (Å²) in [6.07, 6.45) is 0. The van der Waals surface area contributed by atoms with Gasteiger partial charge in [-0.3, -0.25) is 9.59 Å². The zero-order chi connectivity index (χ0) is 20.8. The number of carbonyl (C=O) groups is 2. The molecule has 0 saturated heterocycles. The maximum absolute atomic E-state index is 12.8. The molecule has 0 spiro atoms. The van der Waals surface area contributed by atoms with Crippen LogP contribution >= 0.6 is 11.3 Å². The van der Waals surface area contributed by atoms with Crippen LogP contribution in [0.1, 0.15) is 24.2 Å². The third-order valence-electron chi connectivity index (χ3n) is 4.20. The highest BCUT2D eigenvalue weighted by molar-refractivity contribution is 7.16. The molecule has 0 atom stereocenters. The summed E-state index contributed by atoms with van der Waals surface area (Å²) in [4.78, 5) is 29.1. The molecule has 0 aliphatic heterocycles. The van der Waals surface area contributed by atoms with Crippen LogP contribution in [0.2, 0.25) is 0 Å². The number of rotatable bonds is 7. The minimum absolute atomic E-state index is 0.138. The predicted molar refractivity (Wildman–Crippen MR) is 113 cm³/mol. The number of para-hydroxylation sites is 1. The number of ether oxygens (including phenoxy) is 2. The van der Waals surface area contributed by atoms with E-state index in [0.29, 0.717) is 41.6 Å². The van der Waals surface area contributed by atoms with Gasteiger partial charge in [0.15, 0.2) is 4.80 Å². The van der Waals surface area contributed by atoms with Crippen LogP contribution in [0.3, 0.4) is 0 Å². The molecule has 0 aliphatic rings. The van der Waals surface area contributed by atoms with E-state index in [4.69, 9.17) is 9.47 Å². The van der Waals surface area contributed by atoms with Crippen LogP contribution in [0.25, 0.3) is 10.2 Å². The van der Waals surface area contributed by atoms with E-state index >= 15 is 0 Å². The molecule has 0 saturated carbocycles. The number of hydrogen-bond acceptors (Lipinski definition) is 5. The highest BCUT2D eigenvalue weighted by Crippen LogP contribution is 2.23. The van der Waals surface area contributed by atoms with Crippen molar-refractivity contribution in [3.05, 3.63) is 52.8 Å². The van der Waals surface area contributed by atoms with E-state index in [-0.39, 0.29) is 11.8 Å². The van der Waals surface area contributed by atoms with E-state index in [0.717, 1.165) is 10.2 Å². The van der Waals surface area contributed by atoms with Gasteiger partial charge in [0, 0.05) is 25.8 Å². The SMILES string of the molecule is CCOCCn1c(=NC(=O)c2ccccc2OC)sc2cc(NC(C)=O)ccc21. The number of carbonyl (C=O) groups excluding carboxylic acids is 2. The monoisotopic (exact) mass is 413 g/mol. The fourth-order valence-corrected chi connectivity index (χ4v) is 4.02. The molecule has 29 heavy (non-hydrogen) atoms. The lowest BCUT2D eigenvalue weighted by Gasteiger charge is -2.07. The summed E-state index contributed by atoms with van der Waals surface area (Å²) in [7, 11) is 1.53. The number of aromatic nitrogens is 1. The van der Waals surface area contributed by atoms with Crippen LogP contribution in [0.4, 0.5) is 5.69 Å². The number of hydrogen-bond donors (Lipinski definition) is 1. The van der Waals surface area contributed by atoms with Gasteiger partial charge in [-0.15, -0.1) is 0 Å². The lowest BCUT2D eigenvalue weighted by atomic mass is 10.2. The smallest absolute Gasteiger partial charge is 0.283 e. The van der Waals surface area contributed by atoms with Gasteiger partial charge < -0.3 is 19.4 Å². The van der Waals surface area contributed by atoms with E-state index < -0.39 is 0 Å². The molecule has 2 aromatic carbocycles. The summed E-state index contributed by atoms with van der Waals surface area (Å²) in [6, 6.07) is 12.6. The summed E-state index contributed by atoms with van der Waals surface area (Å²) in [5, 5.41) is 2.78. The molecular formula is C21H23N3O4S. The molecule has 7 nitrogen and oxygen atoms in total.